The van der Waals surface area contributed by atoms with E-state index in [4.69, 9.17) is 9.90 Å². The Labute approximate surface area is 37.5 Å². The average molecular weight is 152 g/mol. The first-order chi connectivity index (χ1) is 1.41. The fourth-order valence-corrected chi connectivity index (χ4v) is 0. The predicted molar refractivity (Wildman–Crippen MR) is 8.69 cm³/mol. The van der Waals surface area contributed by atoms with Gasteiger partial charge in [0.2, 0.25) is 0 Å². The van der Waals surface area contributed by atoms with Crippen molar-refractivity contribution in [3.8, 4) is 0 Å². The van der Waals surface area contributed by atoms with Gasteiger partial charge in [0.15, 0.2) is 0 Å². The Kier molecular flexibility index (Phi) is 24.8. The van der Waals surface area contributed by atoms with E-state index in [-0.39, 0.29) is 26.9 Å². The van der Waals surface area contributed by atoms with Crippen LogP contribution in [0, 0.1) is 0 Å². The molecule has 0 aliphatic carbocycles. The Hall–Kier alpha value is 0.132. The van der Waals surface area contributed by atoms with Crippen LogP contribution in [-0.2, 0) is 25.2 Å². The third kappa shape index (κ3) is 156. The van der Waals surface area contributed by atoms with Gasteiger partial charge in [-0.3, -0.25) is 4.79 Å². The predicted octanol–water partition coefficient (Wildman–Crippen LogP) is -0.302. The van der Waals surface area contributed by atoms with E-state index in [1.807, 2.05) is 0 Å². The molecule has 0 unspecified atom stereocenters. The maximum Gasteiger partial charge on any atom is 0.290 e. The van der Waals surface area contributed by atoms with Crippen LogP contribution in [0.3, 0.4) is 0 Å². The van der Waals surface area contributed by atoms with Crippen molar-refractivity contribution in [3.05, 3.63) is 0 Å². The SMILES string of the molecule is O=CO.[Pd]. The Balaban J connectivity index is 0. The third-order valence-electron chi connectivity index (χ3n) is 0. The summed E-state index contributed by atoms with van der Waals surface area (Å²) in [6, 6.07) is 0. The van der Waals surface area contributed by atoms with Crippen LogP contribution >= 0.6 is 0 Å². The van der Waals surface area contributed by atoms with E-state index < -0.39 is 0 Å². The summed E-state index contributed by atoms with van der Waals surface area (Å²) in [6.45, 7) is -0.250. The van der Waals surface area contributed by atoms with E-state index in [0.29, 0.717) is 0 Å². The molecule has 0 bridgehead atoms. The summed E-state index contributed by atoms with van der Waals surface area (Å²) in [7, 11) is 0. The number of carbonyl (C=O) groups is 1. The van der Waals surface area contributed by atoms with E-state index in [0.717, 1.165) is 0 Å². The van der Waals surface area contributed by atoms with Crippen LogP contribution in [-0.4, -0.2) is 11.6 Å². The van der Waals surface area contributed by atoms with E-state index in [1.165, 1.54) is 0 Å². The smallest absolute Gasteiger partial charge is 0.290 e. The maximum absolute atomic E-state index is 8.36. The molecular weight excluding hydrogens is 150 g/mol. The largest absolute Gasteiger partial charge is 0.483 e. The van der Waals surface area contributed by atoms with Gasteiger partial charge in [-0.25, -0.2) is 0 Å². The van der Waals surface area contributed by atoms with Crippen LogP contribution in [0.1, 0.15) is 0 Å². The van der Waals surface area contributed by atoms with Crippen molar-refractivity contribution < 1.29 is 30.3 Å². The summed E-state index contributed by atoms with van der Waals surface area (Å²) in [5.41, 5.74) is 0. The number of hydrogen-bond acceptors (Lipinski definition) is 1. The van der Waals surface area contributed by atoms with Gasteiger partial charge in [-0.15, -0.1) is 0 Å². The summed E-state index contributed by atoms with van der Waals surface area (Å²) in [4.78, 5) is 8.36. The summed E-state index contributed by atoms with van der Waals surface area (Å²) in [5, 5.41) is 6.89. The maximum atomic E-state index is 8.36. The fourth-order valence-electron chi connectivity index (χ4n) is 0. The van der Waals surface area contributed by atoms with Crippen LogP contribution in [0.5, 0.6) is 0 Å². The monoisotopic (exact) mass is 152 g/mol. The first-order valence-corrected chi connectivity index (χ1v) is 0.494. The first-order valence-electron chi connectivity index (χ1n) is 0.494. The Morgan fingerprint density at radius 2 is 1.75 bits per heavy atom. The Morgan fingerprint density at radius 3 is 1.75 bits per heavy atom. The zero-order chi connectivity index (χ0) is 2.71. The summed E-state index contributed by atoms with van der Waals surface area (Å²) in [5.74, 6) is 0. The molecule has 0 aromatic rings. The first kappa shape index (κ1) is 8.92. The molecule has 0 saturated carbocycles. The summed E-state index contributed by atoms with van der Waals surface area (Å²) >= 11 is 0. The minimum Gasteiger partial charge on any atom is -0.483 e. The zero-order valence-electron chi connectivity index (χ0n) is 1.75. The molecule has 0 fully saturated rings. The summed E-state index contributed by atoms with van der Waals surface area (Å²) in [6.07, 6.45) is 0. The molecule has 4 heavy (non-hydrogen) atoms. The quantitative estimate of drug-likeness (QED) is 0.382. The molecule has 0 rings (SSSR count). The minimum atomic E-state index is -0.250. The van der Waals surface area contributed by atoms with Gasteiger partial charge in [0.1, 0.15) is 0 Å². The van der Waals surface area contributed by atoms with Crippen LogP contribution in [0.2, 0.25) is 0 Å². The molecule has 0 spiro atoms. The molecule has 0 aromatic heterocycles. The van der Waals surface area contributed by atoms with Gasteiger partial charge in [-0.2, -0.15) is 0 Å². The molecule has 0 aliphatic rings. The molecule has 0 aliphatic heterocycles. The van der Waals surface area contributed by atoms with Gasteiger partial charge in [0.25, 0.3) is 6.47 Å². The molecule has 0 heterocycles. The van der Waals surface area contributed by atoms with Crippen molar-refractivity contribution in [1.82, 2.24) is 0 Å². The minimum absolute atomic E-state index is 0. The number of hydrogen-bond donors (Lipinski definition) is 1. The molecule has 0 radical (unpaired) electrons. The van der Waals surface area contributed by atoms with Crippen molar-refractivity contribution in [2.24, 2.45) is 0 Å². The zero-order valence-corrected chi connectivity index (χ0v) is 3.30. The fraction of sp³-hybridized carbons (Fsp3) is 0. The molecule has 1 N–H and O–H groups in total. The molecule has 0 amide bonds. The van der Waals surface area contributed by atoms with Gasteiger partial charge in [-0.1, -0.05) is 0 Å². The molecular formula is CH2O2Pd. The van der Waals surface area contributed by atoms with Crippen LogP contribution in [0.15, 0.2) is 0 Å². The van der Waals surface area contributed by atoms with Gasteiger partial charge in [0.05, 0.1) is 0 Å². The van der Waals surface area contributed by atoms with Gasteiger partial charge >= 0.3 is 0 Å². The van der Waals surface area contributed by atoms with E-state index >= 15 is 0 Å². The number of carboxylic acid groups (broad SMARTS) is 1. The summed E-state index contributed by atoms with van der Waals surface area (Å²) < 4.78 is 0. The molecule has 0 saturated heterocycles. The average Bonchev–Trinajstić information content (AvgIpc) is 0.918. The second kappa shape index (κ2) is 11.1. The van der Waals surface area contributed by atoms with Gasteiger partial charge < -0.3 is 5.11 Å². The second-order valence-corrected chi connectivity index (χ2v) is 0.105. The molecule has 0 aromatic carbocycles. The van der Waals surface area contributed by atoms with Crippen LogP contribution < -0.4 is 0 Å². The molecule has 28 valence electrons. The van der Waals surface area contributed by atoms with Crippen molar-refractivity contribution in [1.29, 1.82) is 0 Å². The molecule has 0 atom stereocenters. The van der Waals surface area contributed by atoms with Gasteiger partial charge in [0, 0.05) is 20.4 Å². The number of rotatable bonds is 0. The van der Waals surface area contributed by atoms with Crippen molar-refractivity contribution in [2.45, 2.75) is 0 Å². The van der Waals surface area contributed by atoms with Crippen LogP contribution in [0.25, 0.3) is 0 Å². The Bertz CT molecular complexity index is 13.5. The van der Waals surface area contributed by atoms with Gasteiger partial charge in [-0.05, 0) is 0 Å². The Morgan fingerprint density at radius 1 is 1.75 bits per heavy atom. The topological polar surface area (TPSA) is 37.3 Å². The molecule has 3 heteroatoms. The van der Waals surface area contributed by atoms with Crippen molar-refractivity contribution >= 4 is 6.47 Å². The van der Waals surface area contributed by atoms with E-state index in [2.05, 4.69) is 0 Å². The molecule has 2 nitrogen and oxygen atoms in total. The second-order valence-electron chi connectivity index (χ2n) is 0.105. The van der Waals surface area contributed by atoms with Crippen molar-refractivity contribution in [2.75, 3.05) is 0 Å². The van der Waals surface area contributed by atoms with Crippen LogP contribution in [0.4, 0.5) is 0 Å². The van der Waals surface area contributed by atoms with Crippen molar-refractivity contribution in [3.63, 3.8) is 0 Å². The van der Waals surface area contributed by atoms with E-state index in [1.54, 1.807) is 0 Å². The third-order valence-corrected chi connectivity index (χ3v) is 0. The van der Waals surface area contributed by atoms with E-state index in [9.17, 15) is 0 Å². The standard InChI is InChI=1S/CH2O2.Pd/c2-1-3;/h1H,(H,2,3);. The normalized spacial score (nSPS) is 3.00.